The van der Waals surface area contributed by atoms with Crippen LogP contribution in [-0.4, -0.2) is 6.71 Å². The molecular weight excluding hydrogens is 862 g/mol. The highest BCUT2D eigenvalue weighted by atomic mass is 16.5. The zero-order valence-corrected chi connectivity index (χ0v) is 38.7. The molecule has 0 radical (unpaired) electrons. The van der Waals surface area contributed by atoms with Gasteiger partial charge in [0.1, 0.15) is 0 Å². The van der Waals surface area contributed by atoms with E-state index in [0.29, 0.717) is 0 Å². The Hall–Kier alpha value is -9.32. The van der Waals surface area contributed by atoms with Gasteiger partial charge in [-0.15, -0.1) is 0 Å². The maximum atomic E-state index is 6.63. The normalized spacial score (nSPS) is 12.8. The van der Waals surface area contributed by atoms with Gasteiger partial charge in [0.05, 0.1) is 17.1 Å². The monoisotopic (exact) mass is 905 g/mol. The molecule has 0 amide bonds. The highest BCUT2D eigenvalue weighted by Gasteiger charge is 2.44. The molecule has 3 aliphatic rings. The topological polar surface area (TPSA) is 19.0 Å². The molecule has 0 N–H and O–H groups in total. The lowest BCUT2D eigenvalue weighted by atomic mass is 9.33. The number of ether oxygens (including phenoxy) is 1. The van der Waals surface area contributed by atoms with E-state index in [2.05, 4.69) is 282 Å². The number of hydrogen-bond donors (Lipinski definition) is 0. The molecule has 0 saturated heterocycles. The molecule has 0 saturated carbocycles. The van der Waals surface area contributed by atoms with Crippen molar-refractivity contribution in [3.05, 3.63) is 267 Å². The van der Waals surface area contributed by atoms with Crippen molar-refractivity contribution in [1.82, 2.24) is 0 Å². The summed E-state index contributed by atoms with van der Waals surface area (Å²) < 4.78 is 6.63. The third kappa shape index (κ3) is 6.85. The summed E-state index contributed by atoms with van der Waals surface area (Å²) >= 11 is 0. The first-order chi connectivity index (χ1) is 35.2. The van der Waals surface area contributed by atoms with Gasteiger partial charge in [0.25, 0.3) is 6.71 Å². The van der Waals surface area contributed by atoms with Crippen molar-refractivity contribution in [2.75, 3.05) is 14.7 Å². The standard InChI is InChI=1S/C66H44BN3O/c1-5-17-45(18-6-1)49-29-35-53(36-30-49)68-58-39-33-51(47-21-9-3-10-22-47)41-56(58)67-57-42-52(48-23-11-4-12-24-48)34-40-59(57)69(54-37-31-50(32-38-54)46-19-7-2-8-20-46)63-44-55(43-62(68)66(63)67)70-60-25-13-15-27-64(60)71-65-28-16-14-26-61(65)70/h1-44H. The minimum Gasteiger partial charge on any atom is -0.453 e. The molecule has 0 atom stereocenters. The Bertz CT molecular complexity index is 3540. The van der Waals surface area contributed by atoms with Crippen LogP contribution in [0.15, 0.2) is 267 Å². The Labute approximate surface area is 414 Å². The quantitative estimate of drug-likeness (QED) is 0.148. The maximum Gasteiger partial charge on any atom is 0.252 e. The van der Waals surface area contributed by atoms with Crippen molar-refractivity contribution in [3.63, 3.8) is 0 Å². The molecule has 0 bridgehead atoms. The molecule has 3 heterocycles. The number of hydrogen-bond acceptors (Lipinski definition) is 4. The Morgan fingerprint density at radius 1 is 0.239 bits per heavy atom. The van der Waals surface area contributed by atoms with E-state index < -0.39 is 0 Å². The van der Waals surface area contributed by atoms with E-state index in [1.807, 2.05) is 0 Å². The van der Waals surface area contributed by atoms with Crippen molar-refractivity contribution in [3.8, 4) is 56.0 Å². The molecule has 0 aromatic heterocycles. The summed E-state index contributed by atoms with van der Waals surface area (Å²) in [7, 11) is 0. The van der Waals surface area contributed by atoms with Crippen LogP contribution in [0.25, 0.3) is 44.5 Å². The molecule has 332 valence electrons. The summed E-state index contributed by atoms with van der Waals surface area (Å²) in [5, 5.41) is 0. The van der Waals surface area contributed by atoms with Crippen molar-refractivity contribution >= 4 is 74.3 Å². The summed E-state index contributed by atoms with van der Waals surface area (Å²) in [6, 6.07) is 97.0. The Morgan fingerprint density at radius 3 is 0.972 bits per heavy atom. The fourth-order valence-corrected chi connectivity index (χ4v) is 11.1. The molecule has 4 nitrogen and oxygen atoms in total. The molecular formula is C66H44BN3O. The number of nitrogens with zero attached hydrogens (tertiary/aromatic N) is 3. The van der Waals surface area contributed by atoms with Gasteiger partial charge < -0.3 is 19.4 Å². The van der Waals surface area contributed by atoms with Crippen molar-refractivity contribution < 1.29 is 4.74 Å². The van der Waals surface area contributed by atoms with E-state index in [9.17, 15) is 0 Å². The Balaban J connectivity index is 1.08. The van der Waals surface area contributed by atoms with Crippen molar-refractivity contribution in [2.24, 2.45) is 0 Å². The Kier molecular flexibility index (Phi) is 9.59. The van der Waals surface area contributed by atoms with Crippen LogP contribution in [0.2, 0.25) is 0 Å². The lowest BCUT2D eigenvalue weighted by Gasteiger charge is -2.45. The average Bonchev–Trinajstić information content (AvgIpc) is 3.45. The number of para-hydroxylation sites is 4. The van der Waals surface area contributed by atoms with E-state index in [1.54, 1.807) is 0 Å². The maximum absolute atomic E-state index is 6.63. The minimum absolute atomic E-state index is 0.115. The fraction of sp³-hybridized carbons (Fsp3) is 0. The molecule has 0 unspecified atom stereocenters. The van der Waals surface area contributed by atoms with Gasteiger partial charge in [0, 0.05) is 34.1 Å². The molecule has 0 aliphatic carbocycles. The van der Waals surface area contributed by atoms with E-state index in [0.717, 1.165) is 62.7 Å². The SMILES string of the molecule is c1ccc(-c2ccc(N3c4ccc(-c5ccccc5)cc4B4c5cc(-c6ccccc6)ccc5N(c5ccc(-c6ccccc6)cc5)c5cc(N6c7ccccc7Oc7ccccc76)cc3c54)cc2)cc1. The highest BCUT2D eigenvalue weighted by Crippen LogP contribution is 2.54. The molecule has 0 fully saturated rings. The lowest BCUT2D eigenvalue weighted by Crippen LogP contribution is -2.61. The zero-order valence-electron chi connectivity index (χ0n) is 38.7. The largest absolute Gasteiger partial charge is 0.453 e. The molecule has 71 heavy (non-hydrogen) atoms. The van der Waals surface area contributed by atoms with Crippen LogP contribution >= 0.6 is 0 Å². The van der Waals surface area contributed by atoms with Crippen LogP contribution < -0.4 is 35.8 Å². The lowest BCUT2D eigenvalue weighted by molar-refractivity contribution is 0.477. The predicted molar refractivity (Wildman–Crippen MR) is 297 cm³/mol. The third-order valence-corrected chi connectivity index (χ3v) is 14.4. The summed E-state index contributed by atoms with van der Waals surface area (Å²) in [5.74, 6) is 1.63. The van der Waals surface area contributed by atoms with Gasteiger partial charge in [0.15, 0.2) is 11.5 Å². The zero-order chi connectivity index (χ0) is 46.8. The second kappa shape index (κ2) is 16.7. The second-order valence-corrected chi connectivity index (χ2v) is 18.5. The van der Waals surface area contributed by atoms with E-state index in [4.69, 9.17) is 4.74 Å². The summed E-state index contributed by atoms with van der Waals surface area (Å²) in [5.41, 5.74) is 23.0. The van der Waals surface area contributed by atoms with Crippen LogP contribution in [0.4, 0.5) is 51.2 Å². The minimum atomic E-state index is -0.115. The second-order valence-electron chi connectivity index (χ2n) is 18.5. The molecule has 11 aromatic carbocycles. The van der Waals surface area contributed by atoms with Crippen molar-refractivity contribution in [1.29, 1.82) is 0 Å². The van der Waals surface area contributed by atoms with Crippen LogP contribution in [0.5, 0.6) is 11.5 Å². The Morgan fingerprint density at radius 2 is 0.563 bits per heavy atom. The number of benzene rings is 11. The molecule has 5 heteroatoms. The highest BCUT2D eigenvalue weighted by molar-refractivity contribution is 7.00. The average molecular weight is 906 g/mol. The van der Waals surface area contributed by atoms with Gasteiger partial charge >= 0.3 is 0 Å². The first-order valence-electron chi connectivity index (χ1n) is 24.4. The molecule has 3 aliphatic heterocycles. The van der Waals surface area contributed by atoms with Gasteiger partial charge in [-0.1, -0.05) is 194 Å². The van der Waals surface area contributed by atoms with Crippen LogP contribution in [0.3, 0.4) is 0 Å². The molecule has 11 aromatic rings. The number of fused-ring (bicyclic) bond motifs is 6. The van der Waals surface area contributed by atoms with Gasteiger partial charge in [-0.2, -0.15) is 0 Å². The van der Waals surface area contributed by atoms with Gasteiger partial charge in [0.2, 0.25) is 0 Å². The number of rotatable bonds is 7. The third-order valence-electron chi connectivity index (χ3n) is 14.4. The molecule has 14 rings (SSSR count). The van der Waals surface area contributed by atoms with Crippen LogP contribution in [-0.2, 0) is 0 Å². The predicted octanol–water partition coefficient (Wildman–Crippen LogP) is 16.0. The van der Waals surface area contributed by atoms with E-state index in [-0.39, 0.29) is 6.71 Å². The first-order valence-corrected chi connectivity index (χ1v) is 24.4. The summed E-state index contributed by atoms with van der Waals surface area (Å²) in [6.07, 6.45) is 0. The molecule has 0 spiro atoms. The van der Waals surface area contributed by atoms with Crippen LogP contribution in [0.1, 0.15) is 0 Å². The summed E-state index contributed by atoms with van der Waals surface area (Å²) in [6.45, 7) is -0.115. The number of anilines is 9. The van der Waals surface area contributed by atoms with Gasteiger partial charge in [-0.3, -0.25) is 0 Å². The van der Waals surface area contributed by atoms with Crippen LogP contribution in [0, 0.1) is 0 Å². The van der Waals surface area contributed by atoms with Gasteiger partial charge in [-0.25, -0.2) is 0 Å². The van der Waals surface area contributed by atoms with Gasteiger partial charge in [-0.05, 0) is 134 Å². The first kappa shape index (κ1) is 40.7. The summed E-state index contributed by atoms with van der Waals surface area (Å²) in [4.78, 5) is 7.41. The smallest absolute Gasteiger partial charge is 0.252 e. The fourth-order valence-electron chi connectivity index (χ4n) is 11.1. The van der Waals surface area contributed by atoms with E-state index in [1.165, 1.54) is 60.9 Å². The van der Waals surface area contributed by atoms with E-state index >= 15 is 0 Å². The van der Waals surface area contributed by atoms with Crippen molar-refractivity contribution in [2.45, 2.75) is 0 Å².